The number of nitrogens with zero attached hydrogens (tertiary/aromatic N) is 1. The molecule has 0 rings (SSSR count). The van der Waals surface area contributed by atoms with Crippen molar-refractivity contribution in [1.82, 2.24) is 10.2 Å². The molecule has 0 fully saturated rings. The van der Waals surface area contributed by atoms with Crippen molar-refractivity contribution < 1.29 is 9.90 Å². The molecule has 1 atom stereocenters. The molecule has 0 aromatic heterocycles. The molecule has 0 heterocycles. The number of terminal acetylenes is 1. The minimum atomic E-state index is -0.164. The van der Waals surface area contributed by atoms with Gasteiger partial charge in [0.05, 0.1) is 12.6 Å². The summed E-state index contributed by atoms with van der Waals surface area (Å²) in [6.45, 7) is 3.23. The summed E-state index contributed by atoms with van der Waals surface area (Å²) in [5.74, 6) is 2.33. The monoisotopic (exact) mass is 226 g/mol. The maximum atomic E-state index is 11.5. The molecule has 92 valence electrons. The predicted octanol–water partition coefficient (Wildman–Crippen LogP) is 0.219. The first-order chi connectivity index (χ1) is 7.63. The lowest BCUT2D eigenvalue weighted by atomic mass is 10.2. The lowest BCUT2D eigenvalue weighted by Crippen LogP contribution is -2.43. The Morgan fingerprint density at radius 1 is 1.50 bits per heavy atom. The second-order valence-electron chi connectivity index (χ2n) is 3.86. The summed E-state index contributed by atoms with van der Waals surface area (Å²) in [4.78, 5) is 13.5. The van der Waals surface area contributed by atoms with Crippen LogP contribution in [-0.4, -0.2) is 48.7 Å². The molecule has 0 saturated carbocycles. The van der Waals surface area contributed by atoms with Gasteiger partial charge in [-0.3, -0.25) is 9.69 Å². The first-order valence-corrected chi connectivity index (χ1v) is 5.65. The molecule has 4 heteroatoms. The van der Waals surface area contributed by atoms with Crippen molar-refractivity contribution in [3.05, 3.63) is 0 Å². The summed E-state index contributed by atoms with van der Waals surface area (Å²) < 4.78 is 0. The minimum absolute atomic E-state index is 0.0393. The third-order valence-corrected chi connectivity index (χ3v) is 2.57. The molecule has 2 N–H and O–H groups in total. The number of rotatable bonds is 8. The Morgan fingerprint density at radius 3 is 2.75 bits per heavy atom. The van der Waals surface area contributed by atoms with Gasteiger partial charge in [-0.2, -0.15) is 0 Å². The highest BCUT2D eigenvalue weighted by molar-refractivity contribution is 5.81. The molecule has 16 heavy (non-hydrogen) atoms. The Morgan fingerprint density at radius 2 is 2.19 bits per heavy atom. The number of aliphatic hydroxyl groups is 1. The highest BCUT2D eigenvalue weighted by Crippen LogP contribution is 2.01. The minimum Gasteiger partial charge on any atom is -0.396 e. The molecule has 0 aliphatic rings. The van der Waals surface area contributed by atoms with E-state index in [1.54, 1.807) is 0 Å². The number of carbonyl (C=O) groups is 1. The third kappa shape index (κ3) is 6.44. The molecule has 0 aliphatic heterocycles. The van der Waals surface area contributed by atoms with Crippen molar-refractivity contribution in [1.29, 1.82) is 0 Å². The molecule has 0 bridgehead atoms. The second-order valence-corrected chi connectivity index (χ2v) is 3.86. The van der Waals surface area contributed by atoms with Crippen LogP contribution in [-0.2, 0) is 4.79 Å². The van der Waals surface area contributed by atoms with Gasteiger partial charge in [0.1, 0.15) is 0 Å². The Balaban J connectivity index is 3.75. The van der Waals surface area contributed by atoms with Crippen molar-refractivity contribution in [2.45, 2.75) is 32.2 Å². The van der Waals surface area contributed by atoms with E-state index in [2.05, 4.69) is 11.2 Å². The first-order valence-electron chi connectivity index (χ1n) is 5.65. The molecular formula is C12H22N2O2. The smallest absolute Gasteiger partial charge is 0.237 e. The second kappa shape index (κ2) is 9.20. The summed E-state index contributed by atoms with van der Waals surface area (Å²) >= 11 is 0. The molecule has 1 unspecified atom stereocenters. The summed E-state index contributed by atoms with van der Waals surface area (Å²) in [5, 5.41) is 11.3. The fourth-order valence-electron chi connectivity index (χ4n) is 1.33. The number of amides is 1. The maximum absolute atomic E-state index is 11.5. The highest BCUT2D eigenvalue weighted by atomic mass is 16.2. The molecule has 0 saturated heterocycles. The van der Waals surface area contributed by atoms with E-state index in [-0.39, 0.29) is 25.1 Å². The number of unbranched alkanes of at least 4 members (excludes halogenated alkanes) is 2. The summed E-state index contributed by atoms with van der Waals surface area (Å²) in [6.07, 6.45) is 7.87. The van der Waals surface area contributed by atoms with E-state index < -0.39 is 0 Å². The van der Waals surface area contributed by atoms with Crippen molar-refractivity contribution in [3.63, 3.8) is 0 Å². The van der Waals surface area contributed by atoms with Crippen LogP contribution in [0.1, 0.15) is 26.2 Å². The predicted molar refractivity (Wildman–Crippen MR) is 64.9 cm³/mol. The standard InChI is InChI=1S/C12H22N2O2/c1-4-8-13-12(16)11(2)14(3)9-6-5-7-10-15/h1,11,15H,5-10H2,2-3H3,(H,13,16). The largest absolute Gasteiger partial charge is 0.396 e. The number of likely N-dealkylation sites (N-methyl/N-ethyl adjacent to an activating group) is 1. The van der Waals surface area contributed by atoms with Crippen LogP contribution in [0.3, 0.4) is 0 Å². The average molecular weight is 226 g/mol. The zero-order valence-electron chi connectivity index (χ0n) is 10.2. The van der Waals surface area contributed by atoms with E-state index >= 15 is 0 Å². The molecule has 0 aromatic carbocycles. The van der Waals surface area contributed by atoms with E-state index in [0.29, 0.717) is 0 Å². The van der Waals surface area contributed by atoms with Gasteiger partial charge < -0.3 is 10.4 Å². The molecule has 0 radical (unpaired) electrons. The van der Waals surface area contributed by atoms with Gasteiger partial charge in [-0.05, 0) is 39.8 Å². The highest BCUT2D eigenvalue weighted by Gasteiger charge is 2.16. The number of hydrogen-bond acceptors (Lipinski definition) is 3. The van der Waals surface area contributed by atoms with Gasteiger partial charge in [-0.25, -0.2) is 0 Å². The van der Waals surface area contributed by atoms with E-state index in [4.69, 9.17) is 11.5 Å². The normalized spacial score (nSPS) is 12.2. The van der Waals surface area contributed by atoms with Gasteiger partial charge in [0, 0.05) is 6.61 Å². The van der Waals surface area contributed by atoms with Crippen LogP contribution < -0.4 is 5.32 Å². The van der Waals surface area contributed by atoms with Gasteiger partial charge in [0.25, 0.3) is 0 Å². The van der Waals surface area contributed by atoms with Crippen molar-refractivity contribution in [2.75, 3.05) is 26.7 Å². The Labute approximate surface area is 98.0 Å². The Hall–Kier alpha value is -1.05. The number of nitrogens with one attached hydrogen (secondary N) is 1. The van der Waals surface area contributed by atoms with E-state index in [1.165, 1.54) is 0 Å². The van der Waals surface area contributed by atoms with Crippen LogP contribution in [0.2, 0.25) is 0 Å². The topological polar surface area (TPSA) is 52.6 Å². The van der Waals surface area contributed by atoms with Crippen LogP contribution in [0.25, 0.3) is 0 Å². The number of carbonyl (C=O) groups excluding carboxylic acids is 1. The quantitative estimate of drug-likeness (QED) is 0.460. The number of hydrogen-bond donors (Lipinski definition) is 2. The Bertz CT molecular complexity index is 236. The average Bonchev–Trinajstić information content (AvgIpc) is 2.30. The van der Waals surface area contributed by atoms with E-state index in [1.807, 2.05) is 18.9 Å². The SMILES string of the molecule is C#CCNC(=O)C(C)N(C)CCCCCO. The van der Waals surface area contributed by atoms with Gasteiger partial charge in [0.2, 0.25) is 5.91 Å². The van der Waals surface area contributed by atoms with Crippen LogP contribution in [0.15, 0.2) is 0 Å². The maximum Gasteiger partial charge on any atom is 0.237 e. The molecular weight excluding hydrogens is 204 g/mol. The van der Waals surface area contributed by atoms with E-state index in [0.717, 1.165) is 25.8 Å². The van der Waals surface area contributed by atoms with Gasteiger partial charge in [-0.1, -0.05) is 5.92 Å². The lowest BCUT2D eigenvalue weighted by Gasteiger charge is -2.23. The van der Waals surface area contributed by atoms with Crippen molar-refractivity contribution in [3.8, 4) is 12.3 Å². The van der Waals surface area contributed by atoms with Gasteiger partial charge >= 0.3 is 0 Å². The molecule has 0 aromatic rings. The lowest BCUT2D eigenvalue weighted by molar-refractivity contribution is -0.125. The fraction of sp³-hybridized carbons (Fsp3) is 0.750. The molecule has 4 nitrogen and oxygen atoms in total. The first kappa shape index (κ1) is 14.9. The zero-order chi connectivity index (χ0) is 12.4. The number of aliphatic hydroxyl groups excluding tert-OH is 1. The molecule has 1 amide bonds. The van der Waals surface area contributed by atoms with Crippen LogP contribution in [0, 0.1) is 12.3 Å². The van der Waals surface area contributed by atoms with Crippen molar-refractivity contribution in [2.24, 2.45) is 0 Å². The summed E-state index contributed by atoms with van der Waals surface area (Å²) in [6, 6.07) is -0.164. The Kier molecular flexibility index (Phi) is 8.59. The van der Waals surface area contributed by atoms with Gasteiger partial charge in [-0.15, -0.1) is 6.42 Å². The zero-order valence-corrected chi connectivity index (χ0v) is 10.2. The fourth-order valence-corrected chi connectivity index (χ4v) is 1.33. The molecule has 0 aliphatic carbocycles. The van der Waals surface area contributed by atoms with Crippen LogP contribution in [0.5, 0.6) is 0 Å². The van der Waals surface area contributed by atoms with E-state index in [9.17, 15) is 4.79 Å². The third-order valence-electron chi connectivity index (χ3n) is 2.57. The summed E-state index contributed by atoms with van der Waals surface area (Å²) in [7, 11) is 1.92. The van der Waals surface area contributed by atoms with Crippen LogP contribution >= 0.6 is 0 Å². The van der Waals surface area contributed by atoms with Crippen LogP contribution in [0.4, 0.5) is 0 Å². The summed E-state index contributed by atoms with van der Waals surface area (Å²) in [5.41, 5.74) is 0. The van der Waals surface area contributed by atoms with Gasteiger partial charge in [0.15, 0.2) is 0 Å². The molecule has 0 spiro atoms. The van der Waals surface area contributed by atoms with Crippen molar-refractivity contribution >= 4 is 5.91 Å².